The van der Waals surface area contributed by atoms with Crippen molar-refractivity contribution in [1.29, 1.82) is 0 Å². The Morgan fingerprint density at radius 2 is 2.06 bits per heavy atom. The van der Waals surface area contributed by atoms with E-state index in [4.69, 9.17) is 5.11 Å². The molecule has 1 rings (SSSR count). The van der Waals surface area contributed by atoms with E-state index in [0.29, 0.717) is 0 Å². The van der Waals surface area contributed by atoms with Gasteiger partial charge in [0, 0.05) is 6.26 Å². The highest BCUT2D eigenvalue weighted by Gasteiger charge is 2.29. The first kappa shape index (κ1) is 13.1. The summed E-state index contributed by atoms with van der Waals surface area (Å²) in [5, 5.41) is 17.3. The molecule has 1 aromatic carbocycles. The lowest BCUT2D eigenvalue weighted by atomic mass is 10.1. The van der Waals surface area contributed by atoms with Crippen LogP contribution in [0.25, 0.3) is 0 Å². The quantitative estimate of drug-likeness (QED) is 0.801. The summed E-state index contributed by atoms with van der Waals surface area (Å²) in [6.45, 7) is -0.712. The van der Waals surface area contributed by atoms with Gasteiger partial charge in [0.05, 0.1) is 12.7 Å². The van der Waals surface area contributed by atoms with E-state index in [9.17, 15) is 17.9 Å². The van der Waals surface area contributed by atoms with Gasteiger partial charge in [-0.1, -0.05) is 12.1 Å². The smallest absolute Gasteiger partial charge is 0.155 e. The second-order valence-corrected chi connectivity index (χ2v) is 5.81. The molecule has 0 radical (unpaired) electrons. The molecule has 16 heavy (non-hydrogen) atoms. The molecule has 0 aromatic heterocycles. The Morgan fingerprint density at radius 1 is 1.44 bits per heavy atom. The van der Waals surface area contributed by atoms with Crippen LogP contribution in [0.4, 0.5) is 4.39 Å². The van der Waals surface area contributed by atoms with Crippen molar-refractivity contribution in [3.63, 3.8) is 0 Å². The Balaban J connectivity index is 3.05. The number of benzene rings is 1. The van der Waals surface area contributed by atoms with E-state index >= 15 is 0 Å². The third-order valence-corrected chi connectivity index (χ3v) is 3.78. The maximum atomic E-state index is 12.9. The van der Waals surface area contributed by atoms with Gasteiger partial charge in [-0.15, -0.1) is 0 Å². The van der Waals surface area contributed by atoms with Crippen LogP contribution in [0.2, 0.25) is 0 Å². The number of hydrogen-bond donors (Lipinski definition) is 2. The molecule has 2 atom stereocenters. The number of sulfone groups is 1. The molecule has 1 aromatic rings. The molecule has 6 heteroatoms. The first-order chi connectivity index (χ1) is 7.36. The molecule has 0 bridgehead atoms. The highest BCUT2D eigenvalue weighted by molar-refractivity contribution is 7.91. The average Bonchev–Trinajstić information content (AvgIpc) is 2.16. The number of aliphatic hydroxyl groups excluding tert-OH is 2. The van der Waals surface area contributed by atoms with E-state index in [-0.39, 0.29) is 5.56 Å². The Morgan fingerprint density at radius 3 is 2.50 bits per heavy atom. The van der Waals surface area contributed by atoms with E-state index in [0.717, 1.165) is 12.3 Å². The molecule has 0 aliphatic heterocycles. The molecule has 0 saturated heterocycles. The Labute approximate surface area is 93.3 Å². The van der Waals surface area contributed by atoms with Crippen LogP contribution in [-0.2, 0) is 9.84 Å². The number of hydrogen-bond acceptors (Lipinski definition) is 4. The lowest BCUT2D eigenvalue weighted by Gasteiger charge is -2.19. The number of rotatable bonds is 4. The molecular weight excluding hydrogens is 235 g/mol. The second kappa shape index (κ2) is 4.90. The van der Waals surface area contributed by atoms with Gasteiger partial charge >= 0.3 is 0 Å². The molecule has 0 unspecified atom stereocenters. The lowest BCUT2D eigenvalue weighted by Crippen LogP contribution is -2.31. The second-order valence-electron chi connectivity index (χ2n) is 3.55. The van der Waals surface area contributed by atoms with Crippen LogP contribution in [0.5, 0.6) is 0 Å². The average molecular weight is 248 g/mol. The van der Waals surface area contributed by atoms with Crippen molar-refractivity contribution in [2.45, 2.75) is 11.4 Å². The minimum Gasteiger partial charge on any atom is -0.395 e. The van der Waals surface area contributed by atoms with Gasteiger partial charge in [-0.3, -0.25) is 0 Å². The molecule has 0 aliphatic carbocycles. The van der Waals surface area contributed by atoms with Crippen LogP contribution in [0, 0.1) is 5.82 Å². The van der Waals surface area contributed by atoms with E-state index in [1.54, 1.807) is 0 Å². The molecule has 0 aliphatic rings. The summed E-state index contributed by atoms with van der Waals surface area (Å²) in [5.41, 5.74) is 0.129. The molecule has 90 valence electrons. The largest absolute Gasteiger partial charge is 0.395 e. The summed E-state index contributed by atoms with van der Waals surface area (Å²) in [7, 11) is -3.60. The molecule has 0 saturated carbocycles. The first-order valence-electron chi connectivity index (χ1n) is 4.59. The fourth-order valence-electron chi connectivity index (χ4n) is 1.37. The minimum atomic E-state index is -3.60. The van der Waals surface area contributed by atoms with Crippen LogP contribution >= 0.6 is 0 Å². The maximum absolute atomic E-state index is 12.9. The monoisotopic (exact) mass is 248 g/mol. The Kier molecular flexibility index (Phi) is 4.01. The minimum absolute atomic E-state index is 0.129. The third kappa shape index (κ3) is 3.01. The predicted molar refractivity (Wildman–Crippen MR) is 57.1 cm³/mol. The Bertz CT molecular complexity index is 458. The molecule has 0 fully saturated rings. The van der Waals surface area contributed by atoms with Gasteiger partial charge < -0.3 is 10.2 Å². The van der Waals surface area contributed by atoms with Gasteiger partial charge in [-0.05, 0) is 17.7 Å². The number of halogens is 1. The zero-order valence-corrected chi connectivity index (χ0v) is 9.48. The summed E-state index contributed by atoms with van der Waals surface area (Å²) < 4.78 is 35.4. The summed E-state index contributed by atoms with van der Waals surface area (Å²) in [6, 6.07) is 5.00. The topological polar surface area (TPSA) is 74.6 Å². The van der Waals surface area contributed by atoms with Crippen LogP contribution in [-0.4, -0.2) is 36.7 Å². The zero-order chi connectivity index (χ0) is 12.3. The standard InChI is InChI=1S/C10H13FO4S/c1-16(14,15)9(6-12)10(13)7-3-2-4-8(11)5-7/h2-5,9-10,12-13H,6H2,1H3/t9-,10-/m0/s1. The molecule has 0 spiro atoms. The molecule has 0 heterocycles. The van der Waals surface area contributed by atoms with Crippen LogP contribution in [0.15, 0.2) is 24.3 Å². The van der Waals surface area contributed by atoms with E-state index in [1.165, 1.54) is 18.2 Å². The lowest BCUT2D eigenvalue weighted by molar-refractivity contribution is 0.138. The van der Waals surface area contributed by atoms with Crippen LogP contribution < -0.4 is 0 Å². The predicted octanol–water partition coefficient (Wildman–Crippen LogP) is 0.265. The third-order valence-electron chi connectivity index (χ3n) is 2.27. The van der Waals surface area contributed by atoms with Crippen LogP contribution in [0.1, 0.15) is 11.7 Å². The molecular formula is C10H13FO4S. The summed E-state index contributed by atoms with van der Waals surface area (Å²) in [5.74, 6) is -0.568. The van der Waals surface area contributed by atoms with Gasteiger partial charge in [-0.25, -0.2) is 12.8 Å². The van der Waals surface area contributed by atoms with E-state index in [1.807, 2.05) is 0 Å². The molecule has 0 amide bonds. The van der Waals surface area contributed by atoms with Crippen molar-refractivity contribution < 1.29 is 23.0 Å². The SMILES string of the molecule is CS(=O)(=O)[C@@H](CO)[C@@H](O)c1cccc(F)c1. The number of aliphatic hydroxyl groups is 2. The van der Waals surface area contributed by atoms with Crippen molar-refractivity contribution in [3.8, 4) is 0 Å². The van der Waals surface area contributed by atoms with Gasteiger partial charge in [0.2, 0.25) is 0 Å². The highest BCUT2D eigenvalue weighted by atomic mass is 32.2. The zero-order valence-electron chi connectivity index (χ0n) is 8.67. The van der Waals surface area contributed by atoms with E-state index < -0.39 is 33.6 Å². The molecule has 2 N–H and O–H groups in total. The van der Waals surface area contributed by atoms with Crippen molar-refractivity contribution in [2.24, 2.45) is 0 Å². The summed E-state index contributed by atoms with van der Waals surface area (Å²) in [6.07, 6.45) is -0.521. The van der Waals surface area contributed by atoms with Crippen molar-refractivity contribution in [1.82, 2.24) is 0 Å². The highest BCUT2D eigenvalue weighted by Crippen LogP contribution is 2.22. The normalized spacial score (nSPS) is 15.8. The first-order valence-corrected chi connectivity index (χ1v) is 6.55. The van der Waals surface area contributed by atoms with Crippen molar-refractivity contribution in [2.75, 3.05) is 12.9 Å². The fourth-order valence-corrected chi connectivity index (χ4v) is 2.27. The fraction of sp³-hybridized carbons (Fsp3) is 0.400. The Hall–Kier alpha value is -0.980. The van der Waals surface area contributed by atoms with Gasteiger partial charge in [0.15, 0.2) is 9.84 Å². The van der Waals surface area contributed by atoms with E-state index in [2.05, 4.69) is 0 Å². The molecule has 4 nitrogen and oxygen atoms in total. The van der Waals surface area contributed by atoms with Gasteiger partial charge in [0.25, 0.3) is 0 Å². The van der Waals surface area contributed by atoms with Crippen LogP contribution in [0.3, 0.4) is 0 Å². The summed E-state index contributed by atoms with van der Waals surface area (Å²) >= 11 is 0. The van der Waals surface area contributed by atoms with Crippen molar-refractivity contribution >= 4 is 9.84 Å². The maximum Gasteiger partial charge on any atom is 0.155 e. The summed E-state index contributed by atoms with van der Waals surface area (Å²) in [4.78, 5) is 0. The van der Waals surface area contributed by atoms with Gasteiger partial charge in [-0.2, -0.15) is 0 Å². The van der Waals surface area contributed by atoms with Crippen molar-refractivity contribution in [3.05, 3.63) is 35.6 Å². The van der Waals surface area contributed by atoms with Gasteiger partial charge in [0.1, 0.15) is 11.1 Å².